The van der Waals surface area contributed by atoms with Crippen molar-refractivity contribution in [2.24, 2.45) is 0 Å². The van der Waals surface area contributed by atoms with Crippen molar-refractivity contribution in [3.8, 4) is 11.8 Å². The number of nitrogens with zero attached hydrogens (tertiary/aromatic N) is 2. The second kappa shape index (κ2) is 7.35. The van der Waals surface area contributed by atoms with E-state index < -0.39 is 0 Å². The minimum Gasteiger partial charge on any atom is -0.424 e. The van der Waals surface area contributed by atoms with Gasteiger partial charge in [0.25, 0.3) is 0 Å². The molecule has 3 aromatic rings. The van der Waals surface area contributed by atoms with E-state index in [1.807, 2.05) is 30.3 Å². The number of ether oxygens (including phenoxy) is 1. The number of anilines is 1. The number of aromatic nitrogens is 2. The zero-order chi connectivity index (χ0) is 17.8. The van der Waals surface area contributed by atoms with Gasteiger partial charge in [-0.1, -0.05) is 30.3 Å². The molecule has 0 radical (unpaired) electrons. The Kier molecular flexibility index (Phi) is 4.60. The Morgan fingerprint density at radius 3 is 2.77 bits per heavy atom. The van der Waals surface area contributed by atoms with Crippen LogP contribution in [-0.2, 0) is 11.2 Å². The lowest BCUT2D eigenvalue weighted by Gasteiger charge is -2.24. The molecule has 4 rings (SSSR count). The molecule has 1 atom stereocenters. The predicted octanol–water partition coefficient (Wildman–Crippen LogP) is 4.33. The second-order valence-corrected chi connectivity index (χ2v) is 6.29. The highest BCUT2D eigenvalue weighted by Crippen LogP contribution is 2.32. The fourth-order valence-corrected chi connectivity index (χ4v) is 3.34. The normalized spacial score (nSPS) is 15.8. The van der Waals surface area contributed by atoms with E-state index in [2.05, 4.69) is 27.4 Å². The first-order valence-electron chi connectivity index (χ1n) is 8.73. The van der Waals surface area contributed by atoms with Crippen LogP contribution in [0.1, 0.15) is 29.9 Å². The molecule has 2 aromatic carbocycles. The molecule has 0 saturated heterocycles. The third-order valence-electron chi connectivity index (χ3n) is 4.54. The lowest BCUT2D eigenvalue weighted by molar-refractivity contribution is -0.117. The van der Waals surface area contributed by atoms with E-state index in [-0.39, 0.29) is 17.8 Å². The van der Waals surface area contributed by atoms with E-state index in [4.69, 9.17) is 4.74 Å². The first-order valence-corrected chi connectivity index (χ1v) is 8.73. The summed E-state index contributed by atoms with van der Waals surface area (Å²) in [6.07, 6.45) is 6.18. The van der Waals surface area contributed by atoms with Gasteiger partial charge in [-0.25, -0.2) is 9.97 Å². The van der Waals surface area contributed by atoms with Gasteiger partial charge in [0, 0.05) is 24.1 Å². The first-order chi connectivity index (χ1) is 12.8. The molecule has 1 aliphatic rings. The van der Waals surface area contributed by atoms with Crippen LogP contribution in [0.25, 0.3) is 0 Å². The number of nitrogens with one attached hydrogen (secondary N) is 1. The molecule has 0 aliphatic heterocycles. The number of hydrogen-bond donors (Lipinski definition) is 1. The average molecular weight is 345 g/mol. The summed E-state index contributed by atoms with van der Waals surface area (Å²) in [5.41, 5.74) is 3.12. The van der Waals surface area contributed by atoms with Gasteiger partial charge in [-0.2, -0.15) is 0 Å². The summed E-state index contributed by atoms with van der Waals surface area (Å²) in [6.45, 7) is 0. The topological polar surface area (TPSA) is 64.1 Å². The molecule has 5 nitrogen and oxygen atoms in total. The van der Waals surface area contributed by atoms with Gasteiger partial charge in [0.05, 0.1) is 5.92 Å². The SMILES string of the molecule is O=C(Nc1cccc(Oc2ncccn2)c1)[C@H]1CCCc2ccccc21. The summed E-state index contributed by atoms with van der Waals surface area (Å²) >= 11 is 0. The number of rotatable bonds is 4. The number of carbonyl (C=O) groups is 1. The first kappa shape index (κ1) is 16.3. The van der Waals surface area contributed by atoms with E-state index >= 15 is 0 Å². The standard InChI is InChI=1S/C21H19N3O2/c25-20(19-11-3-7-15-6-1-2-10-18(15)19)24-16-8-4-9-17(14-16)26-21-22-12-5-13-23-21/h1-2,4-6,8-10,12-14,19H,3,7,11H2,(H,24,25)/t19-/m0/s1. The zero-order valence-electron chi connectivity index (χ0n) is 14.3. The third kappa shape index (κ3) is 3.57. The summed E-state index contributed by atoms with van der Waals surface area (Å²) < 4.78 is 5.63. The highest BCUT2D eigenvalue weighted by Gasteiger charge is 2.26. The van der Waals surface area contributed by atoms with Crippen molar-refractivity contribution >= 4 is 11.6 Å². The van der Waals surface area contributed by atoms with Gasteiger partial charge >= 0.3 is 6.01 Å². The Morgan fingerprint density at radius 2 is 1.88 bits per heavy atom. The molecule has 130 valence electrons. The monoisotopic (exact) mass is 345 g/mol. The van der Waals surface area contributed by atoms with Gasteiger partial charge in [0.15, 0.2) is 0 Å². The Hall–Kier alpha value is -3.21. The molecule has 1 aromatic heterocycles. The number of amides is 1. The average Bonchev–Trinajstić information content (AvgIpc) is 2.68. The largest absolute Gasteiger partial charge is 0.424 e. The Balaban J connectivity index is 1.49. The van der Waals surface area contributed by atoms with Crippen LogP contribution in [0.15, 0.2) is 67.0 Å². The molecule has 1 N–H and O–H groups in total. The molecule has 0 spiro atoms. The number of hydrogen-bond acceptors (Lipinski definition) is 4. The summed E-state index contributed by atoms with van der Waals surface area (Å²) in [4.78, 5) is 20.9. The lowest BCUT2D eigenvalue weighted by Crippen LogP contribution is -2.24. The van der Waals surface area contributed by atoms with Crippen LogP contribution >= 0.6 is 0 Å². The van der Waals surface area contributed by atoms with Crippen molar-refractivity contribution in [1.29, 1.82) is 0 Å². The molecule has 1 heterocycles. The minimum atomic E-state index is -0.109. The maximum Gasteiger partial charge on any atom is 0.321 e. The van der Waals surface area contributed by atoms with Crippen molar-refractivity contribution in [1.82, 2.24) is 9.97 Å². The fraction of sp³-hybridized carbons (Fsp3) is 0.190. The summed E-state index contributed by atoms with van der Waals surface area (Å²) in [5.74, 6) is 0.491. The Bertz CT molecular complexity index is 912. The molecular weight excluding hydrogens is 326 g/mol. The summed E-state index contributed by atoms with van der Waals surface area (Å²) in [6, 6.07) is 17.5. The predicted molar refractivity (Wildman–Crippen MR) is 99.3 cm³/mol. The van der Waals surface area contributed by atoms with Crippen molar-refractivity contribution in [2.75, 3.05) is 5.32 Å². The van der Waals surface area contributed by atoms with E-state index in [1.54, 1.807) is 24.5 Å². The lowest BCUT2D eigenvalue weighted by atomic mass is 9.82. The third-order valence-corrected chi connectivity index (χ3v) is 4.54. The van der Waals surface area contributed by atoms with Crippen molar-refractivity contribution in [3.05, 3.63) is 78.1 Å². The number of fused-ring (bicyclic) bond motifs is 1. The molecular formula is C21H19N3O2. The van der Waals surface area contributed by atoms with Crippen LogP contribution in [0, 0.1) is 0 Å². The van der Waals surface area contributed by atoms with Gasteiger partial charge < -0.3 is 10.1 Å². The molecule has 0 saturated carbocycles. The quantitative estimate of drug-likeness (QED) is 0.764. The molecule has 0 fully saturated rings. The molecule has 26 heavy (non-hydrogen) atoms. The number of benzene rings is 2. The number of aryl methyl sites for hydroxylation is 1. The molecule has 1 aliphatic carbocycles. The van der Waals surface area contributed by atoms with Crippen LogP contribution in [-0.4, -0.2) is 15.9 Å². The zero-order valence-corrected chi connectivity index (χ0v) is 14.3. The van der Waals surface area contributed by atoms with Crippen molar-refractivity contribution in [2.45, 2.75) is 25.2 Å². The van der Waals surface area contributed by atoms with E-state index in [0.29, 0.717) is 11.4 Å². The van der Waals surface area contributed by atoms with Crippen LogP contribution in [0.3, 0.4) is 0 Å². The Morgan fingerprint density at radius 1 is 1.04 bits per heavy atom. The van der Waals surface area contributed by atoms with Gasteiger partial charge in [-0.3, -0.25) is 4.79 Å². The van der Waals surface area contributed by atoms with Gasteiger partial charge in [0.1, 0.15) is 5.75 Å². The summed E-state index contributed by atoms with van der Waals surface area (Å²) in [7, 11) is 0. The van der Waals surface area contributed by atoms with Crippen molar-refractivity contribution < 1.29 is 9.53 Å². The minimum absolute atomic E-state index is 0.0188. The maximum absolute atomic E-state index is 12.8. The molecule has 5 heteroatoms. The van der Waals surface area contributed by atoms with Crippen LogP contribution < -0.4 is 10.1 Å². The highest BCUT2D eigenvalue weighted by atomic mass is 16.5. The molecule has 1 amide bonds. The highest BCUT2D eigenvalue weighted by molar-refractivity contribution is 5.96. The molecule has 0 bridgehead atoms. The van der Waals surface area contributed by atoms with E-state index in [1.165, 1.54) is 5.56 Å². The number of carbonyl (C=O) groups excluding carboxylic acids is 1. The second-order valence-electron chi connectivity index (χ2n) is 6.29. The van der Waals surface area contributed by atoms with Gasteiger partial charge in [-0.15, -0.1) is 0 Å². The van der Waals surface area contributed by atoms with Gasteiger partial charge in [-0.05, 0) is 48.6 Å². The van der Waals surface area contributed by atoms with Crippen LogP contribution in [0.2, 0.25) is 0 Å². The Labute approximate surface area is 152 Å². The fourth-order valence-electron chi connectivity index (χ4n) is 3.34. The summed E-state index contributed by atoms with van der Waals surface area (Å²) in [5, 5.41) is 3.02. The van der Waals surface area contributed by atoms with Crippen LogP contribution in [0.4, 0.5) is 5.69 Å². The molecule has 0 unspecified atom stereocenters. The van der Waals surface area contributed by atoms with E-state index in [0.717, 1.165) is 24.8 Å². The smallest absolute Gasteiger partial charge is 0.321 e. The van der Waals surface area contributed by atoms with Crippen molar-refractivity contribution in [3.63, 3.8) is 0 Å². The van der Waals surface area contributed by atoms with E-state index in [9.17, 15) is 4.79 Å². The maximum atomic E-state index is 12.8. The van der Waals surface area contributed by atoms with Crippen LogP contribution in [0.5, 0.6) is 11.8 Å². The van der Waals surface area contributed by atoms with Gasteiger partial charge in [0.2, 0.25) is 5.91 Å².